The van der Waals surface area contributed by atoms with Gasteiger partial charge in [-0.05, 0) is 44.5 Å². The van der Waals surface area contributed by atoms with Crippen LogP contribution in [0.25, 0.3) is 0 Å². The smallest absolute Gasteiger partial charge is 0.395 e. The second kappa shape index (κ2) is 7.74. The van der Waals surface area contributed by atoms with Gasteiger partial charge in [0.1, 0.15) is 0 Å². The highest BCUT2D eigenvalue weighted by molar-refractivity contribution is 8.04. The summed E-state index contributed by atoms with van der Waals surface area (Å²) in [5.74, 6) is -0.479. The number of nitrogens with one attached hydrogen (secondary N) is 4. The number of ether oxygens (including phenoxy) is 2. The van der Waals surface area contributed by atoms with E-state index in [0.717, 1.165) is 25.9 Å². The molecule has 1 aromatic carbocycles. The van der Waals surface area contributed by atoms with Crippen LogP contribution in [0, 0.1) is 5.92 Å². The molecule has 9 nitrogen and oxygen atoms in total. The molecule has 0 bridgehead atoms. The summed E-state index contributed by atoms with van der Waals surface area (Å²) in [4.78, 5) is 28.4. The highest BCUT2D eigenvalue weighted by atomic mass is 32.2. The summed E-state index contributed by atoms with van der Waals surface area (Å²) in [6.45, 7) is 2.35. The molecule has 12 heteroatoms. The van der Waals surface area contributed by atoms with Crippen molar-refractivity contribution in [3.05, 3.63) is 28.8 Å². The molecular weight excluding hydrogens is 456 g/mol. The molecule has 5 heterocycles. The first-order valence-electron chi connectivity index (χ1n) is 11.1. The molecule has 3 unspecified atom stereocenters. The van der Waals surface area contributed by atoms with E-state index in [1.807, 2.05) is 0 Å². The molecule has 0 aliphatic carbocycles. The molecule has 4 atom stereocenters. The van der Waals surface area contributed by atoms with Crippen molar-refractivity contribution in [3.8, 4) is 11.5 Å². The van der Waals surface area contributed by atoms with Crippen LogP contribution in [0.15, 0.2) is 28.8 Å². The molecule has 0 saturated carbocycles. The van der Waals surface area contributed by atoms with Crippen LogP contribution in [-0.4, -0.2) is 55.3 Å². The predicted octanol–water partition coefficient (Wildman–Crippen LogP) is 1.67. The van der Waals surface area contributed by atoms with Crippen LogP contribution < -0.4 is 35.6 Å². The topological polar surface area (TPSA) is 104 Å². The van der Waals surface area contributed by atoms with E-state index >= 15 is 0 Å². The third-order valence-corrected chi connectivity index (χ3v) is 8.00. The van der Waals surface area contributed by atoms with Crippen molar-refractivity contribution in [1.82, 2.24) is 21.3 Å². The molecule has 0 aromatic heterocycles. The third kappa shape index (κ3) is 3.60. The summed E-state index contributed by atoms with van der Waals surface area (Å²) in [7, 11) is 0. The number of nitrogens with zero attached hydrogens (tertiary/aromatic N) is 1. The number of hydrogen-bond acceptors (Lipinski definition) is 7. The number of piperidine rings is 2. The third-order valence-electron chi connectivity index (χ3n) is 6.64. The monoisotopic (exact) mass is 479 g/mol. The maximum absolute atomic E-state index is 13.5. The van der Waals surface area contributed by atoms with E-state index in [-0.39, 0.29) is 40.8 Å². The van der Waals surface area contributed by atoms with Gasteiger partial charge in [-0.1, -0.05) is 11.8 Å². The van der Waals surface area contributed by atoms with Gasteiger partial charge in [0.05, 0.1) is 16.3 Å². The Kier molecular flexibility index (Phi) is 4.93. The first-order chi connectivity index (χ1) is 15.9. The molecule has 3 saturated heterocycles. The lowest BCUT2D eigenvalue weighted by Crippen LogP contribution is -2.62. The number of thioether (sulfide) groups is 1. The lowest BCUT2D eigenvalue weighted by Gasteiger charge is -2.45. The Hall–Kier alpha value is -2.57. The zero-order chi connectivity index (χ0) is 22.7. The normalized spacial score (nSPS) is 31.8. The highest BCUT2D eigenvalue weighted by Gasteiger charge is 2.52. The fourth-order valence-electron chi connectivity index (χ4n) is 5.24. The first kappa shape index (κ1) is 21.0. The maximum Gasteiger partial charge on any atom is 0.586 e. The number of hydrogen-bond donors (Lipinski definition) is 4. The second-order valence-corrected chi connectivity index (χ2v) is 9.88. The van der Waals surface area contributed by atoms with Gasteiger partial charge in [0.15, 0.2) is 11.5 Å². The average molecular weight is 480 g/mol. The molecule has 3 amide bonds. The number of carbonyl (C=O) groups is 2. The number of alkyl halides is 2. The van der Waals surface area contributed by atoms with Crippen molar-refractivity contribution in [3.63, 3.8) is 0 Å². The number of halogens is 2. The quantitative estimate of drug-likeness (QED) is 0.523. The number of urea groups is 1. The molecule has 6 rings (SSSR count). The lowest BCUT2D eigenvalue weighted by molar-refractivity contribution is -0.286. The standard InChI is InChI=1S/C21H23F2N5O4S/c22-21(23)31-13-4-3-11(8-14(13)32-21)28-12-5-7-25-19-15(12)16(27-20(28)30)17(33-19)18(29)26-10-2-1-6-24-9-10/h3-4,8,10,12,15,19,24-25H,1-2,5-7,9H2,(H,26,29)(H,27,30)/t10-,12?,15?,19?/m1/s1. The van der Waals surface area contributed by atoms with Gasteiger partial charge >= 0.3 is 12.3 Å². The Morgan fingerprint density at radius 2 is 2.06 bits per heavy atom. The zero-order valence-electron chi connectivity index (χ0n) is 17.5. The van der Waals surface area contributed by atoms with Crippen molar-refractivity contribution in [2.24, 2.45) is 5.92 Å². The van der Waals surface area contributed by atoms with Crippen LogP contribution in [0.2, 0.25) is 0 Å². The number of anilines is 1. The molecular formula is C21H23F2N5O4S. The van der Waals surface area contributed by atoms with Crippen molar-refractivity contribution in [2.45, 2.75) is 43.0 Å². The lowest BCUT2D eigenvalue weighted by atomic mass is 9.86. The van der Waals surface area contributed by atoms with E-state index < -0.39 is 12.3 Å². The molecule has 4 N–H and O–H groups in total. The Balaban J connectivity index is 1.29. The average Bonchev–Trinajstić information content (AvgIpc) is 3.31. The Labute approximate surface area is 192 Å². The van der Waals surface area contributed by atoms with E-state index in [2.05, 4.69) is 30.7 Å². The van der Waals surface area contributed by atoms with Crippen molar-refractivity contribution < 1.29 is 27.8 Å². The van der Waals surface area contributed by atoms with Gasteiger partial charge in [-0.25, -0.2) is 4.79 Å². The fourth-order valence-corrected chi connectivity index (χ4v) is 6.64. The van der Waals surface area contributed by atoms with Gasteiger partial charge in [0.2, 0.25) is 0 Å². The molecule has 33 heavy (non-hydrogen) atoms. The Morgan fingerprint density at radius 1 is 1.21 bits per heavy atom. The summed E-state index contributed by atoms with van der Waals surface area (Å²) >= 11 is 1.44. The van der Waals surface area contributed by atoms with Crippen LogP contribution in [0.3, 0.4) is 0 Å². The summed E-state index contributed by atoms with van der Waals surface area (Å²) < 4.78 is 36.0. The van der Waals surface area contributed by atoms with Crippen molar-refractivity contribution in [1.29, 1.82) is 0 Å². The molecule has 3 fully saturated rings. The Morgan fingerprint density at radius 3 is 2.88 bits per heavy atom. The number of amides is 3. The van der Waals surface area contributed by atoms with Gasteiger partial charge in [-0.2, -0.15) is 0 Å². The van der Waals surface area contributed by atoms with E-state index in [1.165, 1.54) is 23.9 Å². The van der Waals surface area contributed by atoms with E-state index in [4.69, 9.17) is 0 Å². The Bertz CT molecular complexity index is 1050. The van der Waals surface area contributed by atoms with Gasteiger partial charge in [0.25, 0.3) is 5.91 Å². The summed E-state index contributed by atoms with van der Waals surface area (Å²) in [5, 5.41) is 12.7. The molecule has 176 valence electrons. The van der Waals surface area contributed by atoms with Gasteiger partial charge < -0.3 is 30.7 Å². The van der Waals surface area contributed by atoms with Gasteiger partial charge in [-0.15, -0.1) is 8.78 Å². The summed E-state index contributed by atoms with van der Waals surface area (Å²) in [6, 6.07) is 3.78. The second-order valence-electron chi connectivity index (χ2n) is 8.73. The number of carbonyl (C=O) groups excluding carboxylic acids is 2. The van der Waals surface area contributed by atoms with E-state index in [9.17, 15) is 18.4 Å². The number of fused-ring (bicyclic) bond motifs is 1. The molecule has 0 spiro atoms. The molecule has 1 aromatic rings. The maximum atomic E-state index is 13.5. The van der Waals surface area contributed by atoms with Crippen LogP contribution in [-0.2, 0) is 4.79 Å². The highest BCUT2D eigenvalue weighted by Crippen LogP contribution is 2.49. The fraction of sp³-hybridized carbons (Fsp3) is 0.524. The first-order valence-corrected chi connectivity index (χ1v) is 11.9. The largest absolute Gasteiger partial charge is 0.586 e. The molecule has 0 radical (unpaired) electrons. The van der Waals surface area contributed by atoms with Crippen LogP contribution in [0.5, 0.6) is 11.5 Å². The van der Waals surface area contributed by atoms with Gasteiger partial charge in [-0.3, -0.25) is 9.69 Å². The van der Waals surface area contributed by atoms with Crippen LogP contribution in [0.4, 0.5) is 19.3 Å². The number of benzene rings is 1. The minimum atomic E-state index is -3.72. The molecule has 5 aliphatic rings. The van der Waals surface area contributed by atoms with Crippen molar-refractivity contribution in [2.75, 3.05) is 24.5 Å². The molecule has 5 aliphatic heterocycles. The van der Waals surface area contributed by atoms with Crippen LogP contribution >= 0.6 is 11.8 Å². The predicted molar refractivity (Wildman–Crippen MR) is 116 cm³/mol. The van der Waals surface area contributed by atoms with Crippen molar-refractivity contribution >= 4 is 29.4 Å². The van der Waals surface area contributed by atoms with Crippen LogP contribution in [0.1, 0.15) is 19.3 Å². The SMILES string of the molecule is O=C(N[C@@H]1CCCNC1)C1=C2NC(=O)N(c3ccc4c(c3)OC(F)(F)O4)C3CCNC(S1)C23. The van der Waals surface area contributed by atoms with E-state index in [1.54, 1.807) is 11.0 Å². The van der Waals surface area contributed by atoms with E-state index in [0.29, 0.717) is 29.3 Å². The summed E-state index contributed by atoms with van der Waals surface area (Å²) in [5.41, 5.74) is 1.07. The zero-order valence-corrected chi connectivity index (χ0v) is 18.3. The minimum Gasteiger partial charge on any atom is -0.395 e. The number of rotatable bonds is 3. The minimum absolute atomic E-state index is 0.0638. The van der Waals surface area contributed by atoms with Gasteiger partial charge in [0, 0.05) is 36.0 Å². The summed E-state index contributed by atoms with van der Waals surface area (Å²) in [6.07, 6.45) is -1.14.